The van der Waals surface area contributed by atoms with Crippen LogP contribution in [0.1, 0.15) is 12.8 Å². The molecular weight excluding hydrogens is 428 g/mol. The molecule has 0 spiro atoms. The van der Waals surface area contributed by atoms with Crippen LogP contribution in [0.3, 0.4) is 0 Å². The highest BCUT2D eigenvalue weighted by molar-refractivity contribution is 5.58. The van der Waals surface area contributed by atoms with E-state index in [-0.39, 0.29) is 12.6 Å². The van der Waals surface area contributed by atoms with Crippen LogP contribution in [0.4, 0.5) is 0 Å². The first-order valence-corrected chi connectivity index (χ1v) is 9.15. The Balaban J connectivity index is 0.000000454. The molecule has 182 valence electrons. The lowest BCUT2D eigenvalue weighted by Gasteiger charge is -2.35. The van der Waals surface area contributed by atoms with E-state index in [0.29, 0.717) is 13.0 Å². The molecule has 10 atom stereocenters. The minimum absolute atomic E-state index is 0.253. The van der Waals surface area contributed by atoms with Crippen molar-refractivity contribution in [2.75, 3.05) is 13.7 Å². The molecule has 2 aliphatic rings. The zero-order valence-electron chi connectivity index (χ0n) is 16.7. The predicted molar refractivity (Wildman–Crippen MR) is 97.1 cm³/mol. The van der Waals surface area contributed by atoms with Crippen LogP contribution in [-0.4, -0.2) is 135 Å². The molecule has 0 aromatic heterocycles. The number of hydrogen-bond acceptors (Lipinski definition) is 14. The summed E-state index contributed by atoms with van der Waals surface area (Å²) < 4.78 is 13.6. The number of ether oxygens (including phenoxy) is 3. The molecule has 0 aromatic carbocycles. The first kappa shape index (κ1) is 29.6. The average Bonchev–Trinajstić information content (AvgIpc) is 2.77. The first-order chi connectivity index (χ1) is 14.6. The molecule has 0 aliphatic carbocycles. The summed E-state index contributed by atoms with van der Waals surface area (Å²) in [6.07, 6.45) is -12.3. The highest BCUT2D eigenvalue weighted by Crippen LogP contribution is 2.19. The topological polar surface area (TPSA) is 241 Å². The quantitative estimate of drug-likeness (QED) is 0.137. The van der Waals surface area contributed by atoms with Gasteiger partial charge in [-0.15, -0.1) is 0 Å². The molecule has 2 rings (SSSR count). The van der Waals surface area contributed by atoms with Gasteiger partial charge in [-0.3, -0.25) is 0 Å². The Morgan fingerprint density at radius 1 is 0.677 bits per heavy atom. The van der Waals surface area contributed by atoms with Gasteiger partial charge in [0.2, 0.25) is 0 Å². The number of methoxy groups -OCH3 is 1. The van der Waals surface area contributed by atoms with Crippen molar-refractivity contribution in [2.24, 2.45) is 0 Å². The standard InChI is InChI=1S/2C6H10O6.C5H10O2/c2*7-1-2-3(8)4(9)5(10)6(11)12-2;1-7-5-3-2-4-6/h2*1-6,8-11H;4H,2-3,5H2,1H3/t2-,3-,4+,5-,6+;2-,3-,4+,5-,6-;/m11./s1. The van der Waals surface area contributed by atoms with Crippen molar-refractivity contribution in [3.05, 3.63) is 0 Å². The number of carbonyl (C=O) groups is 3. The molecule has 14 nitrogen and oxygen atoms in total. The van der Waals surface area contributed by atoms with Gasteiger partial charge in [-0.05, 0) is 6.42 Å². The van der Waals surface area contributed by atoms with Gasteiger partial charge >= 0.3 is 0 Å². The summed E-state index contributed by atoms with van der Waals surface area (Å²) in [7, 11) is 1.63. The van der Waals surface area contributed by atoms with Gasteiger partial charge in [-0.1, -0.05) is 0 Å². The van der Waals surface area contributed by atoms with Gasteiger partial charge in [-0.25, -0.2) is 0 Å². The molecule has 2 saturated heterocycles. The largest absolute Gasteiger partial charge is 0.387 e. The Hall–Kier alpha value is -1.43. The third-order valence-corrected chi connectivity index (χ3v) is 4.19. The van der Waals surface area contributed by atoms with Crippen molar-refractivity contribution in [2.45, 2.75) is 74.3 Å². The van der Waals surface area contributed by atoms with Gasteiger partial charge in [0, 0.05) is 20.1 Å². The van der Waals surface area contributed by atoms with Crippen molar-refractivity contribution in [3.8, 4) is 0 Å². The van der Waals surface area contributed by atoms with Crippen molar-refractivity contribution < 1.29 is 69.4 Å². The maximum Gasteiger partial charge on any atom is 0.184 e. The van der Waals surface area contributed by atoms with Crippen molar-refractivity contribution in [1.82, 2.24) is 0 Å². The second kappa shape index (κ2) is 15.4. The summed E-state index contributed by atoms with van der Waals surface area (Å²) in [6, 6.07) is 0. The zero-order valence-corrected chi connectivity index (χ0v) is 16.7. The number of aliphatic hydroxyl groups excluding tert-OH is 8. The van der Waals surface area contributed by atoms with Gasteiger partial charge < -0.3 is 69.4 Å². The number of aldehydes is 3. The van der Waals surface area contributed by atoms with E-state index < -0.39 is 61.4 Å². The Labute approximate surface area is 177 Å². The maximum absolute atomic E-state index is 10.2. The second-order valence-corrected chi connectivity index (χ2v) is 6.50. The SMILES string of the molecule is COCCCC=O.O=C[C@H]1O[C@@H](O)[C@H](O)[C@@H](O)[C@@H]1O.O=C[C@H]1O[C@H](O)[C@H](O)[C@@H](O)[C@@H]1O. The van der Waals surface area contributed by atoms with Crippen LogP contribution >= 0.6 is 0 Å². The lowest BCUT2D eigenvalue weighted by Crippen LogP contribution is -2.57. The van der Waals surface area contributed by atoms with Gasteiger partial charge in [0.1, 0.15) is 55.1 Å². The highest BCUT2D eigenvalue weighted by atomic mass is 16.6. The fourth-order valence-electron chi connectivity index (χ4n) is 2.31. The number of carbonyl (C=O) groups excluding carboxylic acids is 3. The monoisotopic (exact) mass is 458 g/mol. The predicted octanol–water partition coefficient (Wildman–Crippen LogP) is -5.42. The van der Waals surface area contributed by atoms with Crippen molar-refractivity contribution >= 4 is 18.9 Å². The van der Waals surface area contributed by atoms with E-state index in [4.69, 9.17) is 40.9 Å². The molecule has 14 heteroatoms. The van der Waals surface area contributed by atoms with Crippen LogP contribution in [0.15, 0.2) is 0 Å². The number of rotatable bonds is 6. The summed E-state index contributed by atoms with van der Waals surface area (Å²) in [5.41, 5.74) is 0. The summed E-state index contributed by atoms with van der Waals surface area (Å²) in [6.45, 7) is 0.693. The first-order valence-electron chi connectivity index (χ1n) is 9.15. The minimum atomic E-state index is -1.64. The fourth-order valence-corrected chi connectivity index (χ4v) is 2.31. The van der Waals surface area contributed by atoms with E-state index in [0.717, 1.165) is 12.7 Å². The van der Waals surface area contributed by atoms with E-state index >= 15 is 0 Å². The molecule has 0 radical (unpaired) electrons. The van der Waals surface area contributed by atoms with Crippen LogP contribution in [0, 0.1) is 0 Å². The summed E-state index contributed by atoms with van der Waals surface area (Å²) in [4.78, 5) is 30.0. The number of unbranched alkanes of at least 4 members (excludes halogenated alkanes) is 1. The van der Waals surface area contributed by atoms with Crippen LogP contribution in [0.5, 0.6) is 0 Å². The molecule has 2 aliphatic heterocycles. The summed E-state index contributed by atoms with van der Waals surface area (Å²) >= 11 is 0. The van der Waals surface area contributed by atoms with Crippen LogP contribution in [0.2, 0.25) is 0 Å². The number of aliphatic hydroxyl groups is 8. The normalized spacial score (nSPS) is 39.8. The second-order valence-electron chi connectivity index (χ2n) is 6.50. The molecule has 0 unspecified atom stereocenters. The van der Waals surface area contributed by atoms with Gasteiger partial charge in [0.15, 0.2) is 25.2 Å². The Kier molecular flexibility index (Phi) is 14.7. The molecule has 0 bridgehead atoms. The molecule has 8 N–H and O–H groups in total. The molecule has 2 heterocycles. The van der Waals surface area contributed by atoms with E-state index in [2.05, 4.69) is 14.2 Å². The van der Waals surface area contributed by atoms with E-state index in [1.165, 1.54) is 0 Å². The van der Waals surface area contributed by atoms with Crippen LogP contribution in [0.25, 0.3) is 0 Å². The molecule has 2 fully saturated rings. The lowest BCUT2D eigenvalue weighted by atomic mass is 10.00. The Bertz CT molecular complexity index is 481. The molecule has 0 aromatic rings. The van der Waals surface area contributed by atoms with E-state index in [9.17, 15) is 14.4 Å². The summed E-state index contributed by atoms with van der Waals surface area (Å²) in [5.74, 6) is 0. The lowest BCUT2D eigenvalue weighted by molar-refractivity contribution is -0.272. The van der Waals surface area contributed by atoms with Gasteiger partial charge in [-0.2, -0.15) is 0 Å². The van der Waals surface area contributed by atoms with Crippen LogP contribution < -0.4 is 0 Å². The minimum Gasteiger partial charge on any atom is -0.387 e. The van der Waals surface area contributed by atoms with Crippen molar-refractivity contribution in [1.29, 1.82) is 0 Å². The molecule has 0 saturated carbocycles. The van der Waals surface area contributed by atoms with Gasteiger partial charge in [0.05, 0.1) is 0 Å². The number of hydrogen-bond donors (Lipinski definition) is 8. The highest BCUT2D eigenvalue weighted by Gasteiger charge is 2.43. The average molecular weight is 458 g/mol. The summed E-state index contributed by atoms with van der Waals surface area (Å²) in [5, 5.41) is 71.7. The Morgan fingerprint density at radius 2 is 1.06 bits per heavy atom. The van der Waals surface area contributed by atoms with Crippen molar-refractivity contribution in [3.63, 3.8) is 0 Å². The zero-order chi connectivity index (χ0) is 24.1. The van der Waals surface area contributed by atoms with Gasteiger partial charge in [0.25, 0.3) is 0 Å². The molecule has 31 heavy (non-hydrogen) atoms. The third kappa shape index (κ3) is 9.30. The smallest absolute Gasteiger partial charge is 0.184 e. The van der Waals surface area contributed by atoms with E-state index in [1.807, 2.05) is 0 Å². The molecular formula is C17H30O14. The fraction of sp³-hybridized carbons (Fsp3) is 0.824. The Morgan fingerprint density at radius 3 is 1.35 bits per heavy atom. The molecule has 0 amide bonds. The maximum atomic E-state index is 10.2. The van der Waals surface area contributed by atoms with E-state index in [1.54, 1.807) is 7.11 Å². The van der Waals surface area contributed by atoms with Crippen LogP contribution in [-0.2, 0) is 28.6 Å². The third-order valence-electron chi connectivity index (χ3n) is 4.19.